The van der Waals surface area contributed by atoms with Gasteiger partial charge in [-0.3, -0.25) is 0 Å². The predicted octanol–water partition coefficient (Wildman–Crippen LogP) is 3.98. The highest BCUT2D eigenvalue weighted by Gasteiger charge is 2.26. The van der Waals surface area contributed by atoms with Crippen molar-refractivity contribution in [3.63, 3.8) is 0 Å². The van der Waals surface area contributed by atoms with Gasteiger partial charge in [0.1, 0.15) is 0 Å². The van der Waals surface area contributed by atoms with Crippen LogP contribution in [0.25, 0.3) is 16.8 Å². The third-order valence-corrected chi connectivity index (χ3v) is 5.99. The van der Waals surface area contributed by atoms with Crippen molar-refractivity contribution in [2.75, 3.05) is 13.1 Å². The summed E-state index contributed by atoms with van der Waals surface area (Å²) in [5.41, 5.74) is 5.20. The maximum Gasteiger partial charge on any atom is 0.335 e. The first-order valence-corrected chi connectivity index (χ1v) is 10.3. The lowest BCUT2D eigenvalue weighted by molar-refractivity contribution is 0.0697. The molecule has 3 aromatic rings. The Morgan fingerprint density at radius 2 is 1.72 bits per heavy atom. The number of hydrogen-bond acceptors (Lipinski definition) is 4. The molecule has 0 spiro atoms. The molecule has 0 amide bonds. The van der Waals surface area contributed by atoms with Crippen LogP contribution in [0.2, 0.25) is 0 Å². The molecule has 2 aliphatic rings. The second-order valence-electron chi connectivity index (χ2n) is 8.08. The summed E-state index contributed by atoms with van der Waals surface area (Å²) >= 11 is 0. The summed E-state index contributed by atoms with van der Waals surface area (Å²) in [6.07, 6.45) is 6.55. The van der Waals surface area contributed by atoms with Crippen LogP contribution in [-0.4, -0.2) is 39.2 Å². The summed E-state index contributed by atoms with van der Waals surface area (Å²) in [6.45, 7) is 2.13. The first-order chi connectivity index (χ1) is 14.2. The smallest absolute Gasteiger partial charge is 0.335 e. The summed E-state index contributed by atoms with van der Waals surface area (Å²) in [5, 5.41) is 21.5. The van der Waals surface area contributed by atoms with Crippen LogP contribution in [-0.2, 0) is 0 Å². The molecule has 1 aliphatic carbocycles. The minimum atomic E-state index is -0.943. The van der Waals surface area contributed by atoms with E-state index in [1.165, 1.54) is 5.56 Å². The Morgan fingerprint density at radius 3 is 2.41 bits per heavy atom. The number of aromatic carboxylic acids is 1. The fourth-order valence-corrected chi connectivity index (χ4v) is 4.11. The molecule has 5 rings (SSSR count). The van der Waals surface area contributed by atoms with Gasteiger partial charge in [0.15, 0.2) is 0 Å². The summed E-state index contributed by atoms with van der Waals surface area (Å²) in [4.78, 5) is 11.7. The largest absolute Gasteiger partial charge is 0.478 e. The maximum absolute atomic E-state index is 11.7. The number of piperidine rings is 1. The fraction of sp³-hybridized carbons (Fsp3) is 0.348. The van der Waals surface area contributed by atoms with Crippen LogP contribution < -0.4 is 5.32 Å². The first kappa shape index (κ1) is 18.1. The van der Waals surface area contributed by atoms with Gasteiger partial charge >= 0.3 is 5.97 Å². The molecule has 0 radical (unpaired) electrons. The van der Waals surface area contributed by atoms with Crippen molar-refractivity contribution >= 4 is 5.97 Å². The van der Waals surface area contributed by atoms with E-state index in [0.29, 0.717) is 11.8 Å². The van der Waals surface area contributed by atoms with Crippen molar-refractivity contribution in [1.82, 2.24) is 20.3 Å². The second-order valence-corrected chi connectivity index (χ2v) is 8.08. The van der Waals surface area contributed by atoms with Crippen LogP contribution in [0.15, 0.2) is 48.7 Å². The van der Waals surface area contributed by atoms with Crippen LogP contribution in [0, 0.1) is 0 Å². The second kappa shape index (κ2) is 7.44. The Balaban J connectivity index is 1.48. The predicted molar refractivity (Wildman–Crippen MR) is 111 cm³/mol. The van der Waals surface area contributed by atoms with E-state index in [2.05, 4.69) is 39.9 Å². The number of nitrogens with zero attached hydrogens (tertiary/aromatic N) is 3. The molecular formula is C23H24N4O2. The fourth-order valence-electron chi connectivity index (χ4n) is 4.11. The summed E-state index contributed by atoms with van der Waals surface area (Å²) in [6, 6.07) is 13.9. The third-order valence-electron chi connectivity index (χ3n) is 5.99. The quantitative estimate of drug-likeness (QED) is 0.691. The SMILES string of the molecule is O=C(O)c1cc(-c2ccc(C3CCNCC3)cc2)cc(-n2cc(C3CC3)nn2)c1. The number of carboxylic acids is 1. The molecule has 2 N–H and O–H groups in total. The third kappa shape index (κ3) is 3.80. The maximum atomic E-state index is 11.7. The Morgan fingerprint density at radius 1 is 0.966 bits per heavy atom. The monoisotopic (exact) mass is 388 g/mol. The lowest BCUT2D eigenvalue weighted by Gasteiger charge is -2.23. The van der Waals surface area contributed by atoms with E-state index in [9.17, 15) is 9.90 Å². The summed E-state index contributed by atoms with van der Waals surface area (Å²) in [7, 11) is 0. The Hall–Kier alpha value is -2.99. The van der Waals surface area contributed by atoms with Crippen LogP contribution in [0.4, 0.5) is 0 Å². The Kier molecular flexibility index (Phi) is 4.64. The lowest BCUT2D eigenvalue weighted by Crippen LogP contribution is -2.26. The van der Waals surface area contributed by atoms with E-state index in [0.717, 1.165) is 61.3 Å². The highest BCUT2D eigenvalue weighted by Crippen LogP contribution is 2.39. The molecule has 2 heterocycles. The number of hydrogen-bond donors (Lipinski definition) is 2. The first-order valence-electron chi connectivity index (χ1n) is 10.3. The molecule has 2 fully saturated rings. The van der Waals surface area contributed by atoms with Gasteiger partial charge in [-0.2, -0.15) is 0 Å². The number of aromatic nitrogens is 3. The zero-order valence-electron chi connectivity index (χ0n) is 16.2. The number of carbonyl (C=O) groups is 1. The van der Waals surface area contributed by atoms with Crippen molar-refractivity contribution < 1.29 is 9.90 Å². The topological polar surface area (TPSA) is 80.0 Å². The Labute approximate surface area is 169 Å². The van der Waals surface area contributed by atoms with E-state index in [4.69, 9.17) is 0 Å². The van der Waals surface area contributed by atoms with Gasteiger partial charge in [-0.15, -0.1) is 5.10 Å². The molecule has 1 aromatic heterocycles. The number of nitrogens with one attached hydrogen (secondary N) is 1. The molecule has 1 saturated carbocycles. The van der Waals surface area contributed by atoms with Crippen molar-refractivity contribution in [2.24, 2.45) is 0 Å². The molecular weight excluding hydrogens is 364 g/mol. The van der Waals surface area contributed by atoms with Gasteiger partial charge in [-0.05, 0) is 79.6 Å². The number of rotatable bonds is 5. The van der Waals surface area contributed by atoms with E-state index in [1.54, 1.807) is 16.8 Å². The number of carboxylic acid groups (broad SMARTS) is 1. The molecule has 0 unspecified atom stereocenters. The zero-order valence-corrected chi connectivity index (χ0v) is 16.2. The normalized spacial score (nSPS) is 17.4. The van der Waals surface area contributed by atoms with E-state index in [-0.39, 0.29) is 5.56 Å². The molecule has 1 saturated heterocycles. The van der Waals surface area contributed by atoms with Crippen molar-refractivity contribution in [3.8, 4) is 16.8 Å². The minimum absolute atomic E-state index is 0.253. The highest BCUT2D eigenvalue weighted by molar-refractivity contribution is 5.90. The van der Waals surface area contributed by atoms with Gasteiger partial charge in [-0.25, -0.2) is 9.48 Å². The molecule has 0 atom stereocenters. The summed E-state index contributed by atoms with van der Waals surface area (Å²) in [5.74, 6) is 0.164. The van der Waals surface area contributed by atoms with Gasteiger partial charge in [-0.1, -0.05) is 29.5 Å². The van der Waals surface area contributed by atoms with Crippen molar-refractivity contribution in [3.05, 3.63) is 65.5 Å². The average molecular weight is 388 g/mol. The molecule has 2 aromatic carbocycles. The zero-order chi connectivity index (χ0) is 19.8. The lowest BCUT2D eigenvalue weighted by atomic mass is 9.89. The summed E-state index contributed by atoms with van der Waals surface area (Å²) < 4.78 is 1.69. The van der Waals surface area contributed by atoms with Gasteiger partial charge in [0.25, 0.3) is 0 Å². The molecule has 1 aliphatic heterocycles. The molecule has 29 heavy (non-hydrogen) atoms. The molecule has 148 valence electrons. The van der Waals surface area contributed by atoms with Crippen LogP contribution in [0.5, 0.6) is 0 Å². The van der Waals surface area contributed by atoms with Gasteiger partial charge in [0.05, 0.1) is 23.1 Å². The van der Waals surface area contributed by atoms with Crippen molar-refractivity contribution in [1.29, 1.82) is 0 Å². The van der Waals surface area contributed by atoms with E-state index in [1.807, 2.05) is 12.3 Å². The van der Waals surface area contributed by atoms with E-state index >= 15 is 0 Å². The highest BCUT2D eigenvalue weighted by atomic mass is 16.4. The van der Waals surface area contributed by atoms with Gasteiger partial charge < -0.3 is 10.4 Å². The number of benzene rings is 2. The van der Waals surface area contributed by atoms with Gasteiger partial charge in [0, 0.05) is 5.92 Å². The Bertz CT molecular complexity index is 1030. The molecule has 0 bridgehead atoms. The van der Waals surface area contributed by atoms with Crippen LogP contribution in [0.1, 0.15) is 59.1 Å². The van der Waals surface area contributed by atoms with Crippen molar-refractivity contribution in [2.45, 2.75) is 37.5 Å². The molecule has 6 heteroatoms. The minimum Gasteiger partial charge on any atom is -0.478 e. The van der Waals surface area contributed by atoms with Gasteiger partial charge in [0.2, 0.25) is 0 Å². The van der Waals surface area contributed by atoms with E-state index < -0.39 is 5.97 Å². The van der Waals surface area contributed by atoms with Crippen LogP contribution >= 0.6 is 0 Å². The van der Waals surface area contributed by atoms with Crippen LogP contribution in [0.3, 0.4) is 0 Å². The molecule has 6 nitrogen and oxygen atoms in total. The average Bonchev–Trinajstić information content (AvgIpc) is 3.50. The standard InChI is InChI=1S/C23H24N4O2/c28-23(29)20-11-19(12-21(13-20)27-14-22(25-26-27)18-5-6-18)16-3-1-15(2-4-16)17-7-9-24-10-8-17/h1-4,11-14,17-18,24H,5-10H2,(H,28,29).